The van der Waals surface area contributed by atoms with Crippen LogP contribution in [0, 0.1) is 0 Å². The number of aliphatic hydroxyl groups is 1. The van der Waals surface area contributed by atoms with Crippen LogP contribution < -0.4 is 0 Å². The van der Waals surface area contributed by atoms with Gasteiger partial charge >= 0.3 is 5.97 Å². The molecule has 0 amide bonds. The molecule has 58 valence electrons. The Morgan fingerprint density at radius 3 is 2.70 bits per heavy atom. The van der Waals surface area contributed by atoms with Crippen LogP contribution in [0.3, 0.4) is 0 Å². The van der Waals surface area contributed by atoms with Gasteiger partial charge in [-0.1, -0.05) is 5.57 Å². The summed E-state index contributed by atoms with van der Waals surface area (Å²) in [6.07, 6.45) is 1.89. The maximum absolute atomic E-state index is 10.5. The zero-order valence-corrected chi connectivity index (χ0v) is 6.26. The molecule has 1 N–H and O–H groups in total. The molecule has 0 saturated heterocycles. The number of aliphatic hydroxyl groups excluding tert-OH is 1. The van der Waals surface area contributed by atoms with Crippen LogP contribution in [0.2, 0.25) is 0 Å². The lowest BCUT2D eigenvalue weighted by Gasteiger charge is -1.95. The van der Waals surface area contributed by atoms with Crippen LogP contribution in [0.4, 0.5) is 0 Å². The highest BCUT2D eigenvalue weighted by Gasteiger charge is 1.94. The quantitative estimate of drug-likeness (QED) is 0.463. The van der Waals surface area contributed by atoms with E-state index in [1.165, 1.54) is 13.2 Å². The maximum Gasteiger partial charge on any atom is 0.330 e. The number of esters is 1. The van der Waals surface area contributed by atoms with Crippen molar-refractivity contribution in [2.45, 2.75) is 13.3 Å². The van der Waals surface area contributed by atoms with E-state index >= 15 is 0 Å². The predicted octanol–water partition coefficient (Wildman–Crippen LogP) is 0.488. The number of hydrogen-bond acceptors (Lipinski definition) is 3. The van der Waals surface area contributed by atoms with E-state index in [2.05, 4.69) is 4.74 Å². The Morgan fingerprint density at radius 1 is 1.70 bits per heavy atom. The van der Waals surface area contributed by atoms with E-state index in [9.17, 15) is 4.79 Å². The lowest BCUT2D eigenvalue weighted by molar-refractivity contribution is -0.134. The van der Waals surface area contributed by atoms with Crippen LogP contribution in [0.25, 0.3) is 0 Å². The molecule has 0 saturated carbocycles. The normalized spacial score (nSPS) is 11.3. The minimum atomic E-state index is -0.369. The Kier molecular flexibility index (Phi) is 4.58. The highest BCUT2D eigenvalue weighted by Crippen LogP contribution is 1.97. The highest BCUT2D eigenvalue weighted by molar-refractivity contribution is 5.82. The molecule has 0 heterocycles. The van der Waals surface area contributed by atoms with Gasteiger partial charge in [0.25, 0.3) is 0 Å². The summed E-state index contributed by atoms with van der Waals surface area (Å²) in [7, 11) is 1.32. The van der Waals surface area contributed by atoms with Crippen molar-refractivity contribution < 1.29 is 14.6 Å². The Labute approximate surface area is 60.3 Å². The molecular weight excluding hydrogens is 132 g/mol. The number of carbonyl (C=O) groups excluding carboxylic acids is 1. The Hall–Kier alpha value is -0.830. The monoisotopic (exact) mass is 144 g/mol. The van der Waals surface area contributed by atoms with Gasteiger partial charge in [0.05, 0.1) is 7.11 Å². The van der Waals surface area contributed by atoms with Gasteiger partial charge in [0.2, 0.25) is 0 Å². The fourth-order valence-electron chi connectivity index (χ4n) is 0.509. The maximum atomic E-state index is 10.5. The largest absolute Gasteiger partial charge is 0.466 e. The van der Waals surface area contributed by atoms with Crippen LogP contribution in [0.5, 0.6) is 0 Å². The molecule has 0 radical (unpaired) electrons. The summed E-state index contributed by atoms with van der Waals surface area (Å²) in [4.78, 5) is 10.5. The fraction of sp³-hybridized carbons (Fsp3) is 0.571. The first kappa shape index (κ1) is 9.17. The van der Waals surface area contributed by atoms with Crippen molar-refractivity contribution in [3.63, 3.8) is 0 Å². The van der Waals surface area contributed by atoms with Crippen LogP contribution in [-0.2, 0) is 9.53 Å². The van der Waals surface area contributed by atoms with Crippen LogP contribution >= 0.6 is 0 Å². The first-order valence-corrected chi connectivity index (χ1v) is 3.06. The standard InChI is InChI=1S/C7H12O3/c1-6(3-4-8)5-7(9)10-2/h5,8H,3-4H2,1-2H3. The van der Waals surface area contributed by atoms with Crippen molar-refractivity contribution in [3.8, 4) is 0 Å². The van der Waals surface area contributed by atoms with Crippen LogP contribution in [0.1, 0.15) is 13.3 Å². The van der Waals surface area contributed by atoms with Crippen molar-refractivity contribution in [1.29, 1.82) is 0 Å². The van der Waals surface area contributed by atoms with E-state index in [1.54, 1.807) is 6.92 Å². The van der Waals surface area contributed by atoms with Gasteiger partial charge in [0, 0.05) is 12.7 Å². The zero-order chi connectivity index (χ0) is 7.98. The minimum absolute atomic E-state index is 0.0688. The summed E-state index contributed by atoms with van der Waals surface area (Å²) in [5.41, 5.74) is 0.828. The van der Waals surface area contributed by atoms with Gasteiger partial charge in [0.15, 0.2) is 0 Å². The number of methoxy groups -OCH3 is 1. The highest BCUT2D eigenvalue weighted by atomic mass is 16.5. The summed E-state index contributed by atoms with van der Waals surface area (Å²) in [5, 5.41) is 8.43. The third-order valence-electron chi connectivity index (χ3n) is 1.07. The van der Waals surface area contributed by atoms with E-state index in [0.717, 1.165) is 5.57 Å². The Morgan fingerprint density at radius 2 is 2.30 bits per heavy atom. The van der Waals surface area contributed by atoms with Gasteiger partial charge in [-0.25, -0.2) is 4.79 Å². The summed E-state index contributed by atoms with van der Waals surface area (Å²) in [6, 6.07) is 0. The van der Waals surface area contributed by atoms with E-state index in [-0.39, 0.29) is 12.6 Å². The van der Waals surface area contributed by atoms with Gasteiger partial charge in [0.1, 0.15) is 0 Å². The molecule has 0 atom stereocenters. The molecule has 10 heavy (non-hydrogen) atoms. The number of rotatable bonds is 3. The summed E-state index contributed by atoms with van der Waals surface area (Å²) >= 11 is 0. The second kappa shape index (κ2) is 4.99. The molecule has 0 aromatic carbocycles. The molecule has 0 spiro atoms. The number of carbonyl (C=O) groups is 1. The van der Waals surface area contributed by atoms with Gasteiger partial charge in [-0.3, -0.25) is 0 Å². The molecule has 0 aromatic rings. The predicted molar refractivity (Wildman–Crippen MR) is 37.5 cm³/mol. The number of hydrogen-bond donors (Lipinski definition) is 1. The molecular formula is C7H12O3. The lowest BCUT2D eigenvalue weighted by atomic mass is 10.2. The van der Waals surface area contributed by atoms with Gasteiger partial charge < -0.3 is 9.84 Å². The zero-order valence-electron chi connectivity index (χ0n) is 6.26. The van der Waals surface area contributed by atoms with Crippen molar-refractivity contribution in [2.75, 3.05) is 13.7 Å². The molecule has 0 aliphatic heterocycles. The molecule has 0 bridgehead atoms. The third-order valence-corrected chi connectivity index (χ3v) is 1.07. The van der Waals surface area contributed by atoms with Crippen molar-refractivity contribution >= 4 is 5.97 Å². The first-order chi connectivity index (χ1) is 4.70. The van der Waals surface area contributed by atoms with E-state index < -0.39 is 0 Å². The molecule has 0 unspecified atom stereocenters. The second-order valence-electron chi connectivity index (χ2n) is 1.99. The molecule has 3 heteroatoms. The average molecular weight is 144 g/mol. The minimum Gasteiger partial charge on any atom is -0.466 e. The SMILES string of the molecule is COC(=O)C=C(C)CCO. The van der Waals surface area contributed by atoms with Crippen molar-refractivity contribution in [1.82, 2.24) is 0 Å². The summed E-state index contributed by atoms with van der Waals surface area (Å²) in [5.74, 6) is -0.369. The van der Waals surface area contributed by atoms with Gasteiger partial charge in [-0.2, -0.15) is 0 Å². The van der Waals surface area contributed by atoms with Crippen molar-refractivity contribution in [2.24, 2.45) is 0 Å². The Balaban J connectivity index is 3.77. The average Bonchev–Trinajstić information content (AvgIpc) is 1.88. The summed E-state index contributed by atoms with van der Waals surface area (Å²) < 4.78 is 4.37. The fourth-order valence-corrected chi connectivity index (χ4v) is 0.509. The molecule has 0 rings (SSSR count). The topological polar surface area (TPSA) is 46.5 Å². The second-order valence-corrected chi connectivity index (χ2v) is 1.99. The first-order valence-electron chi connectivity index (χ1n) is 3.06. The molecule has 0 aliphatic carbocycles. The smallest absolute Gasteiger partial charge is 0.330 e. The van der Waals surface area contributed by atoms with Gasteiger partial charge in [-0.15, -0.1) is 0 Å². The Bertz CT molecular complexity index is 138. The molecule has 3 nitrogen and oxygen atoms in total. The van der Waals surface area contributed by atoms with E-state index in [4.69, 9.17) is 5.11 Å². The van der Waals surface area contributed by atoms with E-state index in [1.807, 2.05) is 0 Å². The molecule has 0 aromatic heterocycles. The van der Waals surface area contributed by atoms with E-state index in [0.29, 0.717) is 6.42 Å². The lowest BCUT2D eigenvalue weighted by Crippen LogP contribution is -1.96. The van der Waals surface area contributed by atoms with Crippen molar-refractivity contribution in [3.05, 3.63) is 11.6 Å². The summed E-state index contributed by atoms with van der Waals surface area (Å²) in [6.45, 7) is 1.84. The molecule has 0 aliphatic rings. The molecule has 0 fully saturated rings. The van der Waals surface area contributed by atoms with Gasteiger partial charge in [-0.05, 0) is 13.3 Å². The van der Waals surface area contributed by atoms with Crippen LogP contribution in [-0.4, -0.2) is 24.8 Å². The number of ether oxygens (including phenoxy) is 1. The third kappa shape index (κ3) is 4.09. The van der Waals surface area contributed by atoms with Crippen LogP contribution in [0.15, 0.2) is 11.6 Å².